The zero-order valence-electron chi connectivity index (χ0n) is 14.0. The third-order valence-corrected chi connectivity index (χ3v) is 4.34. The van der Waals surface area contributed by atoms with Crippen LogP contribution in [0.5, 0.6) is 0 Å². The summed E-state index contributed by atoms with van der Waals surface area (Å²) in [6, 6.07) is 10.3. The van der Waals surface area contributed by atoms with Gasteiger partial charge in [0.25, 0.3) is 0 Å². The summed E-state index contributed by atoms with van der Waals surface area (Å²) in [6.45, 7) is 2.84. The van der Waals surface area contributed by atoms with Crippen LogP contribution in [0, 0.1) is 5.82 Å². The van der Waals surface area contributed by atoms with Crippen molar-refractivity contribution in [2.75, 3.05) is 32.8 Å². The molecule has 2 amide bonds. The Bertz CT molecular complexity index is 673. The van der Waals surface area contributed by atoms with Gasteiger partial charge in [-0.25, -0.2) is 9.18 Å². The number of nitrogens with one attached hydrogen (secondary N) is 1. The van der Waals surface area contributed by atoms with Crippen LogP contribution in [0.3, 0.4) is 0 Å². The first-order valence-electron chi connectivity index (χ1n) is 8.47. The van der Waals surface area contributed by atoms with E-state index in [1.54, 1.807) is 23.2 Å². The van der Waals surface area contributed by atoms with E-state index in [4.69, 9.17) is 4.74 Å². The molecule has 2 heterocycles. The molecule has 0 radical (unpaired) electrons. The molecule has 3 rings (SSSR count). The van der Waals surface area contributed by atoms with Crippen molar-refractivity contribution in [2.24, 2.45) is 0 Å². The minimum Gasteiger partial charge on any atom is -0.378 e. The van der Waals surface area contributed by atoms with E-state index >= 15 is 0 Å². The molecule has 0 saturated carbocycles. The first-order chi connectivity index (χ1) is 12.2. The molecule has 1 aromatic heterocycles. The number of urea groups is 1. The first-order valence-corrected chi connectivity index (χ1v) is 8.47. The minimum atomic E-state index is -0.263. The SMILES string of the molecule is O=C(NCC(Cc1cccnc1)c1ccc(F)cc1)N1CCOCC1. The Morgan fingerprint density at radius 2 is 2.00 bits per heavy atom. The quantitative estimate of drug-likeness (QED) is 0.908. The summed E-state index contributed by atoms with van der Waals surface area (Å²) in [7, 11) is 0. The van der Waals surface area contributed by atoms with E-state index in [9.17, 15) is 9.18 Å². The topological polar surface area (TPSA) is 54.5 Å². The second-order valence-electron chi connectivity index (χ2n) is 6.10. The fraction of sp³-hybridized carbons (Fsp3) is 0.368. The maximum absolute atomic E-state index is 13.2. The highest BCUT2D eigenvalue weighted by atomic mass is 19.1. The zero-order chi connectivity index (χ0) is 17.5. The lowest BCUT2D eigenvalue weighted by Gasteiger charge is -2.28. The number of morpholine rings is 1. The van der Waals surface area contributed by atoms with E-state index < -0.39 is 0 Å². The highest BCUT2D eigenvalue weighted by Gasteiger charge is 2.19. The summed E-state index contributed by atoms with van der Waals surface area (Å²) in [5, 5.41) is 3.00. The van der Waals surface area contributed by atoms with Crippen molar-refractivity contribution in [1.82, 2.24) is 15.2 Å². The lowest BCUT2D eigenvalue weighted by atomic mass is 9.92. The van der Waals surface area contributed by atoms with Crippen LogP contribution in [0.2, 0.25) is 0 Å². The lowest BCUT2D eigenvalue weighted by molar-refractivity contribution is 0.0531. The number of hydrogen-bond acceptors (Lipinski definition) is 3. The van der Waals surface area contributed by atoms with Crippen molar-refractivity contribution in [2.45, 2.75) is 12.3 Å². The zero-order valence-corrected chi connectivity index (χ0v) is 14.0. The number of aromatic nitrogens is 1. The number of ether oxygens (including phenoxy) is 1. The maximum Gasteiger partial charge on any atom is 0.317 e. The fourth-order valence-corrected chi connectivity index (χ4v) is 2.93. The molecule has 1 aliphatic heterocycles. The molecule has 6 heteroatoms. The van der Waals surface area contributed by atoms with Gasteiger partial charge < -0.3 is 15.0 Å². The van der Waals surface area contributed by atoms with Gasteiger partial charge in [-0.2, -0.15) is 0 Å². The number of hydrogen-bond donors (Lipinski definition) is 1. The summed E-state index contributed by atoms with van der Waals surface area (Å²) in [4.78, 5) is 18.2. The molecule has 1 aromatic carbocycles. The van der Waals surface area contributed by atoms with Crippen molar-refractivity contribution in [3.8, 4) is 0 Å². The Balaban J connectivity index is 1.67. The third kappa shape index (κ3) is 5.00. The van der Waals surface area contributed by atoms with E-state index in [2.05, 4.69) is 10.3 Å². The predicted molar refractivity (Wildman–Crippen MR) is 92.9 cm³/mol. The Labute approximate surface area is 146 Å². The van der Waals surface area contributed by atoms with E-state index in [0.29, 0.717) is 32.8 Å². The summed E-state index contributed by atoms with van der Waals surface area (Å²) < 4.78 is 18.5. The van der Waals surface area contributed by atoms with E-state index in [1.807, 2.05) is 18.3 Å². The summed E-state index contributed by atoms with van der Waals surface area (Å²) >= 11 is 0. The molecule has 1 aliphatic rings. The molecule has 0 bridgehead atoms. The number of carbonyl (C=O) groups excluding carboxylic acids is 1. The summed E-state index contributed by atoms with van der Waals surface area (Å²) in [5.74, 6) is -0.212. The van der Waals surface area contributed by atoms with E-state index in [-0.39, 0.29) is 17.8 Å². The van der Waals surface area contributed by atoms with E-state index in [0.717, 1.165) is 17.5 Å². The van der Waals surface area contributed by atoms with Gasteiger partial charge in [0.1, 0.15) is 5.82 Å². The van der Waals surface area contributed by atoms with Gasteiger partial charge in [-0.05, 0) is 35.7 Å². The van der Waals surface area contributed by atoms with Crippen LogP contribution in [-0.4, -0.2) is 48.8 Å². The molecule has 1 saturated heterocycles. The number of carbonyl (C=O) groups is 1. The van der Waals surface area contributed by atoms with Crippen LogP contribution < -0.4 is 5.32 Å². The highest BCUT2D eigenvalue weighted by molar-refractivity contribution is 5.74. The Morgan fingerprint density at radius 1 is 1.24 bits per heavy atom. The monoisotopic (exact) mass is 343 g/mol. The standard InChI is InChI=1S/C19H22FN3O2/c20-18-5-3-16(4-6-18)17(12-15-2-1-7-21-13-15)14-22-19(24)23-8-10-25-11-9-23/h1-7,13,17H,8-12,14H2,(H,22,24). The fourth-order valence-electron chi connectivity index (χ4n) is 2.93. The van der Waals surface area contributed by atoms with Crippen LogP contribution in [0.1, 0.15) is 17.0 Å². The van der Waals surface area contributed by atoms with Crippen LogP contribution in [0.25, 0.3) is 0 Å². The Hall–Kier alpha value is -2.47. The number of amides is 2. The number of pyridine rings is 1. The minimum absolute atomic E-state index is 0.0507. The second kappa shape index (κ2) is 8.58. The van der Waals surface area contributed by atoms with Gasteiger partial charge in [-0.1, -0.05) is 18.2 Å². The molecule has 0 spiro atoms. The van der Waals surface area contributed by atoms with Crippen molar-refractivity contribution in [1.29, 1.82) is 0 Å². The average Bonchev–Trinajstić information content (AvgIpc) is 2.67. The molecule has 2 aromatic rings. The van der Waals surface area contributed by atoms with Gasteiger partial charge in [0.15, 0.2) is 0 Å². The molecule has 1 atom stereocenters. The number of nitrogens with zero attached hydrogens (tertiary/aromatic N) is 2. The molecule has 5 nitrogen and oxygen atoms in total. The number of rotatable bonds is 5. The molecule has 0 aliphatic carbocycles. The van der Waals surface area contributed by atoms with Gasteiger partial charge >= 0.3 is 6.03 Å². The average molecular weight is 343 g/mol. The predicted octanol–water partition coefficient (Wildman–Crippen LogP) is 2.59. The molecule has 1 fully saturated rings. The van der Waals surface area contributed by atoms with Gasteiger partial charge in [0, 0.05) is 37.9 Å². The highest BCUT2D eigenvalue weighted by Crippen LogP contribution is 2.20. The van der Waals surface area contributed by atoms with Crippen LogP contribution in [0.4, 0.5) is 9.18 Å². The van der Waals surface area contributed by atoms with Gasteiger partial charge in [0.05, 0.1) is 13.2 Å². The van der Waals surface area contributed by atoms with Crippen LogP contribution in [0.15, 0.2) is 48.8 Å². The van der Waals surface area contributed by atoms with Crippen molar-refractivity contribution < 1.29 is 13.9 Å². The number of benzene rings is 1. The van der Waals surface area contributed by atoms with Crippen molar-refractivity contribution >= 4 is 6.03 Å². The van der Waals surface area contributed by atoms with Crippen LogP contribution in [-0.2, 0) is 11.2 Å². The molecular weight excluding hydrogens is 321 g/mol. The Kier molecular flexibility index (Phi) is 5.95. The van der Waals surface area contributed by atoms with Crippen LogP contribution >= 0.6 is 0 Å². The largest absolute Gasteiger partial charge is 0.378 e. The van der Waals surface area contributed by atoms with Gasteiger partial charge in [0.2, 0.25) is 0 Å². The van der Waals surface area contributed by atoms with Crippen molar-refractivity contribution in [3.63, 3.8) is 0 Å². The molecule has 1 unspecified atom stereocenters. The number of halogens is 1. The second-order valence-corrected chi connectivity index (χ2v) is 6.10. The first kappa shape index (κ1) is 17.4. The summed E-state index contributed by atoms with van der Waals surface area (Å²) in [6.07, 6.45) is 4.28. The third-order valence-electron chi connectivity index (χ3n) is 4.34. The molecular formula is C19H22FN3O2. The Morgan fingerprint density at radius 3 is 2.68 bits per heavy atom. The van der Waals surface area contributed by atoms with Crippen molar-refractivity contribution in [3.05, 3.63) is 65.7 Å². The molecule has 132 valence electrons. The lowest BCUT2D eigenvalue weighted by Crippen LogP contribution is -2.47. The van der Waals surface area contributed by atoms with Gasteiger partial charge in [-0.3, -0.25) is 4.98 Å². The smallest absolute Gasteiger partial charge is 0.317 e. The summed E-state index contributed by atoms with van der Waals surface area (Å²) in [5.41, 5.74) is 2.07. The van der Waals surface area contributed by atoms with E-state index in [1.165, 1.54) is 12.1 Å². The molecule has 25 heavy (non-hydrogen) atoms. The normalized spacial score (nSPS) is 15.6. The molecule has 1 N–H and O–H groups in total. The van der Waals surface area contributed by atoms with Gasteiger partial charge in [-0.15, -0.1) is 0 Å². The maximum atomic E-state index is 13.2.